The molecule has 21 heavy (non-hydrogen) atoms. The third kappa shape index (κ3) is 4.55. The maximum Gasteiger partial charge on any atom is 0.307 e. The number of carboxylic acids is 1. The Morgan fingerprint density at radius 1 is 1.24 bits per heavy atom. The smallest absolute Gasteiger partial charge is 0.307 e. The summed E-state index contributed by atoms with van der Waals surface area (Å²) in [7, 11) is 0. The molecule has 0 aliphatic rings. The van der Waals surface area contributed by atoms with E-state index in [1.807, 2.05) is 6.07 Å². The number of hydrogen-bond donors (Lipinski definition) is 1. The molecule has 1 atom stereocenters. The summed E-state index contributed by atoms with van der Waals surface area (Å²) in [6.07, 6.45) is 0.596. The molecule has 0 heterocycles. The zero-order valence-corrected chi connectivity index (χ0v) is 13.4. The average Bonchev–Trinajstić information content (AvgIpc) is 2.42. The van der Waals surface area contributed by atoms with Gasteiger partial charge in [-0.05, 0) is 54.3 Å². The van der Waals surface area contributed by atoms with Crippen molar-refractivity contribution in [1.82, 2.24) is 0 Å². The Balaban J connectivity index is 2.20. The van der Waals surface area contributed by atoms with Crippen LogP contribution in [-0.4, -0.2) is 11.1 Å². The highest BCUT2D eigenvalue weighted by Gasteiger charge is 2.20. The predicted octanol–water partition coefficient (Wildman–Crippen LogP) is 4.73. The van der Waals surface area contributed by atoms with E-state index in [0.29, 0.717) is 21.5 Å². The summed E-state index contributed by atoms with van der Waals surface area (Å²) < 4.78 is 14.0. The molecule has 5 heteroatoms. The molecule has 0 aliphatic carbocycles. The molecule has 0 bridgehead atoms. The summed E-state index contributed by atoms with van der Waals surface area (Å²) in [4.78, 5) is 11.4. The average molecular weight is 372 g/mol. The molecular weight excluding hydrogens is 359 g/mol. The third-order valence-corrected chi connectivity index (χ3v) is 4.20. The van der Waals surface area contributed by atoms with E-state index >= 15 is 0 Å². The van der Waals surface area contributed by atoms with Gasteiger partial charge in [-0.2, -0.15) is 0 Å². The molecule has 1 N–H and O–H groups in total. The molecule has 0 amide bonds. The van der Waals surface area contributed by atoms with Crippen LogP contribution in [-0.2, 0) is 17.6 Å². The number of hydrogen-bond acceptors (Lipinski definition) is 1. The quantitative estimate of drug-likeness (QED) is 0.825. The van der Waals surface area contributed by atoms with Crippen LogP contribution >= 0.6 is 27.5 Å². The van der Waals surface area contributed by atoms with Crippen molar-refractivity contribution in [1.29, 1.82) is 0 Å². The van der Waals surface area contributed by atoms with E-state index in [1.165, 1.54) is 12.1 Å². The lowest BCUT2D eigenvalue weighted by molar-refractivity contribution is -0.141. The maximum atomic E-state index is 13.3. The van der Waals surface area contributed by atoms with Crippen molar-refractivity contribution in [2.24, 2.45) is 5.92 Å². The highest BCUT2D eigenvalue weighted by atomic mass is 79.9. The van der Waals surface area contributed by atoms with Gasteiger partial charge in [-0.3, -0.25) is 4.79 Å². The van der Waals surface area contributed by atoms with Crippen LogP contribution in [0.2, 0.25) is 5.02 Å². The lowest BCUT2D eigenvalue weighted by Gasteiger charge is -2.14. The highest BCUT2D eigenvalue weighted by molar-refractivity contribution is 9.10. The largest absolute Gasteiger partial charge is 0.481 e. The zero-order chi connectivity index (χ0) is 15.4. The first kappa shape index (κ1) is 16.0. The molecule has 0 radical (unpaired) electrons. The minimum absolute atomic E-state index is 0.250. The Labute approximate surface area is 135 Å². The van der Waals surface area contributed by atoms with E-state index in [4.69, 9.17) is 11.6 Å². The lowest BCUT2D eigenvalue weighted by Crippen LogP contribution is -2.19. The van der Waals surface area contributed by atoms with Gasteiger partial charge in [0, 0.05) is 9.50 Å². The fourth-order valence-electron chi connectivity index (χ4n) is 2.16. The highest BCUT2D eigenvalue weighted by Crippen LogP contribution is 2.24. The molecule has 0 fully saturated rings. The fraction of sp³-hybridized carbons (Fsp3) is 0.188. The van der Waals surface area contributed by atoms with Gasteiger partial charge in [0.2, 0.25) is 0 Å². The van der Waals surface area contributed by atoms with Gasteiger partial charge in [-0.25, -0.2) is 4.39 Å². The summed E-state index contributed by atoms with van der Waals surface area (Å²) >= 11 is 9.23. The standard InChI is InChI=1S/C16H13BrClFO2/c17-15-5-4-14(19)9-11(15)8-12(16(20)21)6-10-2-1-3-13(18)7-10/h1-5,7,9,12H,6,8H2,(H,20,21). The molecule has 1 unspecified atom stereocenters. The van der Waals surface area contributed by atoms with Crippen molar-refractivity contribution in [3.8, 4) is 0 Å². The minimum atomic E-state index is -0.911. The Kier molecular flexibility index (Phi) is 5.37. The lowest BCUT2D eigenvalue weighted by atomic mass is 9.92. The number of benzene rings is 2. The van der Waals surface area contributed by atoms with E-state index in [2.05, 4.69) is 15.9 Å². The molecule has 0 saturated heterocycles. The van der Waals surface area contributed by atoms with Gasteiger partial charge in [0.25, 0.3) is 0 Å². The van der Waals surface area contributed by atoms with Gasteiger partial charge in [0.15, 0.2) is 0 Å². The van der Waals surface area contributed by atoms with Gasteiger partial charge in [-0.15, -0.1) is 0 Å². The van der Waals surface area contributed by atoms with Crippen LogP contribution in [0.3, 0.4) is 0 Å². The molecule has 2 aromatic rings. The van der Waals surface area contributed by atoms with Crippen molar-refractivity contribution >= 4 is 33.5 Å². The molecule has 2 nitrogen and oxygen atoms in total. The van der Waals surface area contributed by atoms with Crippen LogP contribution in [0.4, 0.5) is 4.39 Å². The first-order valence-corrected chi connectivity index (χ1v) is 7.54. The van der Waals surface area contributed by atoms with Crippen LogP contribution in [0.15, 0.2) is 46.9 Å². The number of aliphatic carboxylic acids is 1. The van der Waals surface area contributed by atoms with Crippen LogP contribution in [0.5, 0.6) is 0 Å². The van der Waals surface area contributed by atoms with E-state index in [1.54, 1.807) is 24.3 Å². The molecule has 110 valence electrons. The Hall–Kier alpha value is -1.39. The van der Waals surface area contributed by atoms with Gasteiger partial charge in [0.05, 0.1) is 5.92 Å². The zero-order valence-electron chi connectivity index (χ0n) is 11.0. The Morgan fingerprint density at radius 3 is 2.67 bits per heavy atom. The monoisotopic (exact) mass is 370 g/mol. The normalized spacial score (nSPS) is 12.1. The summed E-state index contributed by atoms with van der Waals surface area (Å²) in [6.45, 7) is 0. The van der Waals surface area contributed by atoms with Crippen molar-refractivity contribution in [2.45, 2.75) is 12.8 Å². The Bertz CT molecular complexity index is 660. The predicted molar refractivity (Wildman–Crippen MR) is 84.1 cm³/mol. The summed E-state index contributed by atoms with van der Waals surface area (Å²) in [5, 5.41) is 9.96. The van der Waals surface area contributed by atoms with Crippen LogP contribution in [0.1, 0.15) is 11.1 Å². The first-order chi connectivity index (χ1) is 9.95. The van der Waals surface area contributed by atoms with E-state index in [9.17, 15) is 14.3 Å². The van der Waals surface area contributed by atoms with Crippen molar-refractivity contribution in [3.63, 3.8) is 0 Å². The molecule has 0 saturated carbocycles. The van der Waals surface area contributed by atoms with Crippen molar-refractivity contribution < 1.29 is 14.3 Å². The van der Waals surface area contributed by atoms with Crippen LogP contribution < -0.4 is 0 Å². The minimum Gasteiger partial charge on any atom is -0.481 e. The van der Waals surface area contributed by atoms with Crippen LogP contribution in [0, 0.1) is 11.7 Å². The van der Waals surface area contributed by atoms with Gasteiger partial charge < -0.3 is 5.11 Å². The summed E-state index contributed by atoms with van der Waals surface area (Å²) in [5.41, 5.74) is 1.49. The fourth-order valence-corrected chi connectivity index (χ4v) is 2.78. The van der Waals surface area contributed by atoms with Crippen molar-refractivity contribution in [3.05, 3.63) is 68.9 Å². The molecule has 2 rings (SSSR count). The first-order valence-electron chi connectivity index (χ1n) is 6.37. The van der Waals surface area contributed by atoms with Crippen LogP contribution in [0.25, 0.3) is 0 Å². The maximum absolute atomic E-state index is 13.3. The third-order valence-electron chi connectivity index (χ3n) is 3.19. The van der Waals surface area contributed by atoms with E-state index in [-0.39, 0.29) is 12.2 Å². The second kappa shape index (κ2) is 7.05. The van der Waals surface area contributed by atoms with Gasteiger partial charge in [-0.1, -0.05) is 39.7 Å². The summed E-state index contributed by atoms with van der Waals surface area (Å²) in [5.74, 6) is -1.92. The topological polar surface area (TPSA) is 37.3 Å². The second-order valence-corrected chi connectivity index (χ2v) is 6.10. The Morgan fingerprint density at radius 2 is 2.00 bits per heavy atom. The molecule has 0 aromatic heterocycles. The number of rotatable bonds is 5. The molecule has 0 spiro atoms. The van der Waals surface area contributed by atoms with E-state index in [0.717, 1.165) is 5.56 Å². The number of carbonyl (C=O) groups is 1. The van der Waals surface area contributed by atoms with E-state index < -0.39 is 11.9 Å². The number of halogens is 3. The summed E-state index contributed by atoms with van der Waals surface area (Å²) in [6, 6.07) is 11.4. The van der Waals surface area contributed by atoms with Gasteiger partial charge in [0.1, 0.15) is 5.82 Å². The molecule has 0 aliphatic heterocycles. The SMILES string of the molecule is O=C(O)C(Cc1cccc(Cl)c1)Cc1cc(F)ccc1Br. The molecular formula is C16H13BrClFO2. The van der Waals surface area contributed by atoms with Gasteiger partial charge >= 0.3 is 5.97 Å². The molecule has 2 aromatic carbocycles. The van der Waals surface area contributed by atoms with Crippen molar-refractivity contribution in [2.75, 3.05) is 0 Å². The number of carboxylic acid groups (broad SMARTS) is 1. The second-order valence-electron chi connectivity index (χ2n) is 4.81.